The molecule has 0 saturated heterocycles. The van der Waals surface area contributed by atoms with Crippen molar-refractivity contribution in [3.63, 3.8) is 0 Å². The molecular formula is C19H18N4O. The Kier molecular flexibility index (Phi) is 4.81. The normalized spacial score (nSPS) is 10.9. The molecule has 0 aliphatic rings. The highest BCUT2D eigenvalue weighted by Crippen LogP contribution is 2.13. The van der Waals surface area contributed by atoms with Crippen LogP contribution in [0.2, 0.25) is 0 Å². The summed E-state index contributed by atoms with van der Waals surface area (Å²) in [5.74, 6) is -0.193. The molecule has 3 rings (SSSR count). The lowest BCUT2D eigenvalue weighted by molar-refractivity contribution is -0.111. The van der Waals surface area contributed by atoms with Gasteiger partial charge in [-0.3, -0.25) is 4.79 Å². The second-order valence-corrected chi connectivity index (χ2v) is 5.46. The fourth-order valence-electron chi connectivity index (χ4n) is 2.29. The Morgan fingerprint density at radius 2 is 1.88 bits per heavy atom. The minimum Gasteiger partial charge on any atom is -0.322 e. The van der Waals surface area contributed by atoms with Crippen molar-refractivity contribution in [2.45, 2.75) is 13.5 Å². The summed E-state index contributed by atoms with van der Waals surface area (Å²) in [6, 6.07) is 17.7. The topological polar surface area (TPSA) is 59.8 Å². The van der Waals surface area contributed by atoms with Gasteiger partial charge in [0.25, 0.3) is 0 Å². The predicted octanol–water partition coefficient (Wildman–Crippen LogP) is 3.29. The van der Waals surface area contributed by atoms with Crippen molar-refractivity contribution in [3.8, 4) is 0 Å². The maximum Gasteiger partial charge on any atom is 0.248 e. The summed E-state index contributed by atoms with van der Waals surface area (Å²) in [6.07, 6.45) is 4.93. The SMILES string of the molecule is Cc1ccccc1NC(=O)/C=C/c1cn(Cc2ccccc2)nn1. The minimum absolute atomic E-state index is 0.193. The summed E-state index contributed by atoms with van der Waals surface area (Å²) in [6.45, 7) is 2.60. The fourth-order valence-corrected chi connectivity index (χ4v) is 2.29. The number of carbonyl (C=O) groups is 1. The number of nitrogens with one attached hydrogen (secondary N) is 1. The number of aromatic nitrogens is 3. The third kappa shape index (κ3) is 4.16. The van der Waals surface area contributed by atoms with Gasteiger partial charge in [-0.05, 0) is 30.2 Å². The number of anilines is 1. The highest BCUT2D eigenvalue weighted by molar-refractivity contribution is 6.02. The Labute approximate surface area is 140 Å². The first-order valence-corrected chi connectivity index (χ1v) is 7.69. The number of carbonyl (C=O) groups excluding carboxylic acids is 1. The van der Waals surface area contributed by atoms with Gasteiger partial charge in [0.2, 0.25) is 5.91 Å². The zero-order valence-electron chi connectivity index (χ0n) is 13.4. The van der Waals surface area contributed by atoms with E-state index >= 15 is 0 Å². The van der Waals surface area contributed by atoms with Gasteiger partial charge >= 0.3 is 0 Å². The van der Waals surface area contributed by atoms with Crippen LogP contribution in [-0.2, 0) is 11.3 Å². The van der Waals surface area contributed by atoms with E-state index in [2.05, 4.69) is 15.6 Å². The van der Waals surface area contributed by atoms with Gasteiger partial charge in [-0.25, -0.2) is 4.68 Å². The Balaban J connectivity index is 1.61. The molecule has 0 radical (unpaired) electrons. The summed E-state index contributed by atoms with van der Waals surface area (Å²) in [5.41, 5.74) is 3.62. The van der Waals surface area contributed by atoms with Gasteiger partial charge in [-0.2, -0.15) is 0 Å². The van der Waals surface area contributed by atoms with E-state index in [1.165, 1.54) is 6.08 Å². The van der Waals surface area contributed by atoms with Crippen molar-refractivity contribution in [2.75, 3.05) is 5.32 Å². The number of nitrogens with zero attached hydrogens (tertiary/aromatic N) is 3. The average Bonchev–Trinajstić information content (AvgIpc) is 3.03. The Bertz CT molecular complexity index is 853. The molecule has 0 saturated carbocycles. The maximum atomic E-state index is 12.0. The Morgan fingerprint density at radius 3 is 2.67 bits per heavy atom. The summed E-state index contributed by atoms with van der Waals surface area (Å²) >= 11 is 0. The minimum atomic E-state index is -0.193. The van der Waals surface area contributed by atoms with E-state index in [9.17, 15) is 4.79 Å². The standard InChI is InChI=1S/C19H18N4O/c1-15-7-5-6-10-18(15)20-19(24)12-11-17-14-23(22-21-17)13-16-8-3-2-4-9-16/h2-12,14H,13H2,1H3,(H,20,24)/b12-11+. The number of amides is 1. The lowest BCUT2D eigenvalue weighted by Gasteiger charge is -2.04. The van der Waals surface area contributed by atoms with E-state index in [0.29, 0.717) is 12.2 Å². The van der Waals surface area contributed by atoms with Crippen molar-refractivity contribution >= 4 is 17.7 Å². The summed E-state index contributed by atoms with van der Waals surface area (Å²) < 4.78 is 1.74. The first-order chi connectivity index (χ1) is 11.7. The molecule has 3 aromatic rings. The molecule has 0 unspecified atom stereocenters. The van der Waals surface area contributed by atoms with Gasteiger partial charge in [-0.1, -0.05) is 53.7 Å². The highest BCUT2D eigenvalue weighted by atomic mass is 16.1. The van der Waals surface area contributed by atoms with E-state index in [4.69, 9.17) is 0 Å². The monoisotopic (exact) mass is 318 g/mol. The smallest absolute Gasteiger partial charge is 0.248 e. The molecule has 1 N–H and O–H groups in total. The van der Waals surface area contributed by atoms with Crippen LogP contribution in [0.15, 0.2) is 66.9 Å². The molecule has 1 heterocycles. The largest absolute Gasteiger partial charge is 0.322 e. The molecule has 1 amide bonds. The number of hydrogen-bond acceptors (Lipinski definition) is 3. The van der Waals surface area contributed by atoms with E-state index in [-0.39, 0.29) is 5.91 Å². The van der Waals surface area contributed by atoms with Crippen LogP contribution < -0.4 is 5.32 Å². The van der Waals surface area contributed by atoms with Crippen molar-refractivity contribution in [3.05, 3.63) is 83.7 Å². The molecule has 0 atom stereocenters. The maximum absolute atomic E-state index is 12.0. The molecule has 120 valence electrons. The molecule has 1 aromatic heterocycles. The summed E-state index contributed by atoms with van der Waals surface area (Å²) in [7, 11) is 0. The highest BCUT2D eigenvalue weighted by Gasteiger charge is 2.02. The number of aryl methyl sites for hydroxylation is 1. The molecule has 5 nitrogen and oxygen atoms in total. The van der Waals surface area contributed by atoms with Crippen LogP contribution in [0.1, 0.15) is 16.8 Å². The van der Waals surface area contributed by atoms with E-state index in [1.54, 1.807) is 10.8 Å². The second-order valence-electron chi connectivity index (χ2n) is 5.46. The number of rotatable bonds is 5. The fraction of sp³-hybridized carbons (Fsp3) is 0.105. The van der Waals surface area contributed by atoms with Gasteiger partial charge < -0.3 is 5.32 Å². The lowest BCUT2D eigenvalue weighted by Crippen LogP contribution is -2.08. The molecular weight excluding hydrogens is 300 g/mol. The van der Waals surface area contributed by atoms with E-state index in [0.717, 1.165) is 16.8 Å². The molecule has 0 aliphatic heterocycles. The molecule has 0 fully saturated rings. The Hall–Kier alpha value is -3.21. The first kappa shape index (κ1) is 15.7. The predicted molar refractivity (Wildman–Crippen MR) is 94.4 cm³/mol. The molecule has 24 heavy (non-hydrogen) atoms. The summed E-state index contributed by atoms with van der Waals surface area (Å²) in [4.78, 5) is 12.0. The lowest BCUT2D eigenvalue weighted by atomic mass is 10.2. The van der Waals surface area contributed by atoms with Gasteiger partial charge in [0.05, 0.1) is 12.7 Å². The molecule has 2 aromatic carbocycles. The summed E-state index contributed by atoms with van der Waals surface area (Å²) in [5, 5.41) is 11.0. The van der Waals surface area contributed by atoms with Gasteiger partial charge in [0.1, 0.15) is 5.69 Å². The van der Waals surface area contributed by atoms with Gasteiger partial charge in [-0.15, -0.1) is 5.10 Å². The van der Waals surface area contributed by atoms with Crippen LogP contribution in [0, 0.1) is 6.92 Å². The van der Waals surface area contributed by atoms with Crippen LogP contribution in [0.4, 0.5) is 5.69 Å². The van der Waals surface area contributed by atoms with Crippen LogP contribution in [0.3, 0.4) is 0 Å². The van der Waals surface area contributed by atoms with E-state index < -0.39 is 0 Å². The van der Waals surface area contributed by atoms with Crippen LogP contribution >= 0.6 is 0 Å². The zero-order chi connectivity index (χ0) is 16.8. The second kappa shape index (κ2) is 7.37. The third-order valence-electron chi connectivity index (χ3n) is 3.55. The van der Waals surface area contributed by atoms with Crippen molar-refractivity contribution in [2.24, 2.45) is 0 Å². The number of hydrogen-bond donors (Lipinski definition) is 1. The third-order valence-corrected chi connectivity index (χ3v) is 3.55. The first-order valence-electron chi connectivity index (χ1n) is 7.69. The zero-order valence-corrected chi connectivity index (χ0v) is 13.4. The molecule has 0 spiro atoms. The van der Waals surface area contributed by atoms with Gasteiger partial charge in [0, 0.05) is 11.8 Å². The Morgan fingerprint density at radius 1 is 1.12 bits per heavy atom. The van der Waals surface area contributed by atoms with Crippen molar-refractivity contribution in [1.29, 1.82) is 0 Å². The van der Waals surface area contributed by atoms with Crippen LogP contribution in [0.25, 0.3) is 6.08 Å². The number of benzene rings is 2. The van der Waals surface area contributed by atoms with Crippen LogP contribution in [-0.4, -0.2) is 20.9 Å². The van der Waals surface area contributed by atoms with E-state index in [1.807, 2.05) is 67.7 Å². The van der Waals surface area contributed by atoms with Gasteiger partial charge in [0.15, 0.2) is 0 Å². The van der Waals surface area contributed by atoms with Crippen molar-refractivity contribution in [1.82, 2.24) is 15.0 Å². The quantitative estimate of drug-likeness (QED) is 0.734. The molecule has 5 heteroatoms. The molecule has 0 aliphatic carbocycles. The van der Waals surface area contributed by atoms with Crippen molar-refractivity contribution < 1.29 is 4.79 Å². The average molecular weight is 318 g/mol. The van der Waals surface area contributed by atoms with Crippen LogP contribution in [0.5, 0.6) is 0 Å². The molecule has 0 bridgehead atoms. The number of para-hydroxylation sites is 1.